The van der Waals surface area contributed by atoms with Crippen LogP contribution in [0, 0.1) is 21.4 Å². The zero-order valence-electron chi connectivity index (χ0n) is 13.6. The van der Waals surface area contributed by atoms with E-state index in [-0.39, 0.29) is 17.1 Å². The van der Waals surface area contributed by atoms with E-state index >= 15 is 0 Å². The molecule has 0 heterocycles. The molecule has 0 atom stereocenters. The van der Waals surface area contributed by atoms with Crippen molar-refractivity contribution in [2.24, 2.45) is 0 Å². The van der Waals surface area contributed by atoms with E-state index < -0.39 is 16.5 Å². The Balaban J connectivity index is 2.43. The second-order valence-corrected chi connectivity index (χ2v) is 4.86. The van der Waals surface area contributed by atoms with Gasteiger partial charge in [-0.05, 0) is 25.1 Å². The molecule has 2 rings (SSSR count). The molecule has 2 aromatic rings. The summed E-state index contributed by atoms with van der Waals surface area (Å²) in [7, 11) is 1.38. The van der Waals surface area contributed by atoms with Crippen LogP contribution in [-0.2, 0) is 0 Å². The number of anilines is 1. The van der Waals surface area contributed by atoms with Crippen LogP contribution in [0.5, 0.6) is 11.5 Å². The minimum Gasteiger partial charge on any atom is -0.493 e. The fourth-order valence-electron chi connectivity index (χ4n) is 2.17. The summed E-state index contributed by atoms with van der Waals surface area (Å²) in [5.74, 6) is -0.300. The summed E-state index contributed by atoms with van der Waals surface area (Å²) in [5, 5.41) is 22.8. The average Bonchev–Trinajstić information content (AvgIpc) is 2.61. The van der Waals surface area contributed by atoms with E-state index in [1.54, 1.807) is 25.1 Å². The number of nitriles is 1. The number of ether oxygens (including phenoxy) is 2. The fourth-order valence-corrected chi connectivity index (χ4v) is 2.17. The lowest BCUT2D eigenvalue weighted by atomic mass is 10.1. The molecular weight excluding hydrogens is 326 g/mol. The number of benzene rings is 2. The first kappa shape index (κ1) is 17.7. The Morgan fingerprint density at radius 1 is 1.32 bits per heavy atom. The summed E-state index contributed by atoms with van der Waals surface area (Å²) in [6, 6.07) is 10.6. The predicted octanol–water partition coefficient (Wildman–Crippen LogP) is 3.13. The molecule has 0 aliphatic rings. The lowest BCUT2D eigenvalue weighted by Crippen LogP contribution is -2.14. The van der Waals surface area contributed by atoms with Crippen molar-refractivity contribution in [3.05, 3.63) is 57.6 Å². The van der Waals surface area contributed by atoms with Gasteiger partial charge in [0, 0.05) is 11.8 Å². The first-order valence-electron chi connectivity index (χ1n) is 7.30. The van der Waals surface area contributed by atoms with E-state index in [9.17, 15) is 14.9 Å². The number of nitro groups is 1. The van der Waals surface area contributed by atoms with E-state index in [1.807, 2.05) is 6.07 Å². The monoisotopic (exact) mass is 341 g/mol. The number of nitro benzene ring substituents is 1. The smallest absolute Gasteiger partial charge is 0.286 e. The van der Waals surface area contributed by atoms with Crippen molar-refractivity contribution in [2.45, 2.75) is 6.92 Å². The number of carbonyl (C=O) groups is 1. The average molecular weight is 341 g/mol. The van der Waals surface area contributed by atoms with Crippen LogP contribution in [0.15, 0.2) is 36.4 Å². The predicted molar refractivity (Wildman–Crippen MR) is 89.9 cm³/mol. The van der Waals surface area contributed by atoms with E-state index in [1.165, 1.54) is 19.2 Å². The molecule has 8 heteroatoms. The lowest BCUT2D eigenvalue weighted by molar-refractivity contribution is -0.385. The molecular formula is C17H15N3O5. The molecule has 25 heavy (non-hydrogen) atoms. The maximum Gasteiger partial charge on any atom is 0.286 e. The van der Waals surface area contributed by atoms with E-state index in [2.05, 4.69) is 5.32 Å². The maximum atomic E-state index is 12.5. The zero-order chi connectivity index (χ0) is 18.4. The van der Waals surface area contributed by atoms with Gasteiger partial charge in [0.25, 0.3) is 11.6 Å². The van der Waals surface area contributed by atoms with Gasteiger partial charge in [-0.1, -0.05) is 6.07 Å². The number of nitrogens with one attached hydrogen (secondary N) is 1. The van der Waals surface area contributed by atoms with Gasteiger partial charge in [-0.2, -0.15) is 5.26 Å². The van der Waals surface area contributed by atoms with Gasteiger partial charge in [-0.15, -0.1) is 0 Å². The highest BCUT2D eigenvalue weighted by atomic mass is 16.6. The third-order valence-corrected chi connectivity index (χ3v) is 3.27. The Labute approximate surface area is 143 Å². The number of rotatable bonds is 6. The molecule has 0 fully saturated rings. The molecule has 1 N–H and O–H groups in total. The normalized spacial score (nSPS) is 9.80. The van der Waals surface area contributed by atoms with Gasteiger partial charge in [0.15, 0.2) is 11.5 Å². The van der Waals surface area contributed by atoms with Gasteiger partial charge in [-0.25, -0.2) is 0 Å². The molecule has 2 aromatic carbocycles. The van der Waals surface area contributed by atoms with Gasteiger partial charge in [0.1, 0.15) is 5.56 Å². The molecule has 0 aliphatic carbocycles. The van der Waals surface area contributed by atoms with Crippen LogP contribution in [0.25, 0.3) is 0 Å². The topological polar surface area (TPSA) is 114 Å². The van der Waals surface area contributed by atoms with Crippen molar-refractivity contribution >= 4 is 17.3 Å². The molecule has 0 spiro atoms. The van der Waals surface area contributed by atoms with Crippen molar-refractivity contribution in [3.63, 3.8) is 0 Å². The molecule has 0 aromatic heterocycles. The molecule has 0 bridgehead atoms. The SMILES string of the molecule is CCOc1cc([N+](=O)[O-])c(C(=O)Nc2cccc(C#N)c2)cc1OC. The quantitative estimate of drug-likeness (QED) is 0.637. The molecule has 0 saturated heterocycles. The first-order chi connectivity index (χ1) is 12.0. The van der Waals surface area contributed by atoms with Gasteiger partial charge < -0.3 is 14.8 Å². The molecule has 0 unspecified atom stereocenters. The van der Waals surface area contributed by atoms with Gasteiger partial charge in [0.2, 0.25) is 0 Å². The second-order valence-electron chi connectivity index (χ2n) is 4.86. The van der Waals surface area contributed by atoms with Crippen molar-refractivity contribution in [3.8, 4) is 17.6 Å². The number of hydrogen-bond donors (Lipinski definition) is 1. The van der Waals surface area contributed by atoms with E-state index in [0.717, 1.165) is 6.07 Å². The van der Waals surface area contributed by atoms with Gasteiger partial charge in [-0.3, -0.25) is 14.9 Å². The molecule has 1 amide bonds. The van der Waals surface area contributed by atoms with Crippen LogP contribution in [0.2, 0.25) is 0 Å². The first-order valence-corrected chi connectivity index (χ1v) is 7.30. The third kappa shape index (κ3) is 4.03. The Morgan fingerprint density at radius 3 is 2.68 bits per heavy atom. The largest absolute Gasteiger partial charge is 0.493 e. The summed E-state index contributed by atoms with van der Waals surface area (Å²) in [5.41, 5.74) is 0.133. The highest BCUT2D eigenvalue weighted by Crippen LogP contribution is 2.35. The molecule has 0 saturated carbocycles. The van der Waals surface area contributed by atoms with Crippen molar-refractivity contribution in [2.75, 3.05) is 19.0 Å². The summed E-state index contributed by atoms with van der Waals surface area (Å²) < 4.78 is 10.4. The molecule has 128 valence electrons. The van der Waals surface area contributed by atoms with Crippen molar-refractivity contribution < 1.29 is 19.2 Å². The minimum atomic E-state index is -0.692. The summed E-state index contributed by atoms with van der Waals surface area (Å²) in [6.45, 7) is 2.02. The van der Waals surface area contributed by atoms with Crippen molar-refractivity contribution in [1.29, 1.82) is 5.26 Å². The Morgan fingerprint density at radius 2 is 2.08 bits per heavy atom. The van der Waals surface area contributed by atoms with Crippen molar-refractivity contribution in [1.82, 2.24) is 0 Å². The van der Waals surface area contributed by atoms with Gasteiger partial charge in [0.05, 0.1) is 36.3 Å². The summed E-state index contributed by atoms with van der Waals surface area (Å²) in [4.78, 5) is 23.1. The number of hydrogen-bond acceptors (Lipinski definition) is 6. The Bertz CT molecular complexity index is 858. The number of carbonyl (C=O) groups excluding carboxylic acids is 1. The van der Waals surface area contributed by atoms with Gasteiger partial charge >= 0.3 is 0 Å². The third-order valence-electron chi connectivity index (χ3n) is 3.27. The Kier molecular flexibility index (Phi) is 5.53. The Hall–Kier alpha value is -3.60. The van der Waals surface area contributed by atoms with Crippen LogP contribution in [0.4, 0.5) is 11.4 Å². The van der Waals surface area contributed by atoms with Crippen LogP contribution in [0.3, 0.4) is 0 Å². The van der Waals surface area contributed by atoms with Crippen LogP contribution in [0.1, 0.15) is 22.8 Å². The van der Waals surface area contributed by atoms with Crippen LogP contribution in [-0.4, -0.2) is 24.5 Å². The van der Waals surface area contributed by atoms with Crippen LogP contribution < -0.4 is 14.8 Å². The minimum absolute atomic E-state index is 0.173. The molecule has 8 nitrogen and oxygen atoms in total. The summed E-state index contributed by atoms with van der Waals surface area (Å²) in [6.07, 6.45) is 0. The number of methoxy groups -OCH3 is 1. The number of amides is 1. The maximum absolute atomic E-state index is 12.5. The fraction of sp³-hybridized carbons (Fsp3) is 0.176. The van der Waals surface area contributed by atoms with Crippen LogP contribution >= 0.6 is 0 Å². The highest BCUT2D eigenvalue weighted by molar-refractivity contribution is 6.07. The molecule has 0 aliphatic heterocycles. The summed E-state index contributed by atoms with van der Waals surface area (Å²) >= 11 is 0. The second kappa shape index (κ2) is 7.79. The zero-order valence-corrected chi connectivity index (χ0v) is 13.6. The molecule has 0 radical (unpaired) electrons. The highest BCUT2D eigenvalue weighted by Gasteiger charge is 2.24. The van der Waals surface area contributed by atoms with E-state index in [4.69, 9.17) is 14.7 Å². The standard InChI is InChI=1S/C17H15N3O5/c1-3-25-16-9-14(20(22)23)13(8-15(16)24-2)17(21)19-12-6-4-5-11(7-12)10-18/h4-9H,3H2,1-2H3,(H,19,21). The lowest BCUT2D eigenvalue weighted by Gasteiger charge is -2.12. The number of nitrogens with zero attached hydrogens (tertiary/aromatic N) is 2. The van der Waals surface area contributed by atoms with E-state index in [0.29, 0.717) is 17.9 Å².